The maximum absolute atomic E-state index is 15.2. The van der Waals surface area contributed by atoms with E-state index in [0.717, 1.165) is 199 Å². The normalized spacial score (nSPS) is 17.8. The number of rotatable bonds is 4. The van der Waals surface area contributed by atoms with Crippen molar-refractivity contribution in [1.82, 2.24) is 9.97 Å². The van der Waals surface area contributed by atoms with E-state index in [9.17, 15) is 0 Å². The monoisotopic (exact) mass is 948 g/mol. The topological polar surface area (TPSA) is 56.3 Å². The van der Waals surface area contributed by atoms with Gasteiger partial charge in [0.2, 0.25) is 0 Å². The highest BCUT2D eigenvalue weighted by atomic mass is 19.1. The second-order valence-electron chi connectivity index (χ2n) is 20.1. The van der Waals surface area contributed by atoms with Crippen LogP contribution in [0.4, 0.5) is 17.6 Å². The second-order valence-corrected chi connectivity index (χ2v) is 20.1. The number of nitrogens with zero attached hydrogens (tertiary/aromatic N) is 2. The average molecular weight is 949 g/mol. The minimum absolute atomic E-state index is 0.319. The summed E-state index contributed by atoms with van der Waals surface area (Å²) in [5, 5.41) is 5.72. The Morgan fingerprint density at radius 3 is 1.06 bits per heavy atom. The van der Waals surface area contributed by atoms with Gasteiger partial charge in [-0.05, 0) is 204 Å². The average Bonchev–Trinajstić information content (AvgIpc) is 4.18. The van der Waals surface area contributed by atoms with Crippen molar-refractivity contribution in [2.24, 2.45) is 9.98 Å². The Labute approximate surface area is 414 Å². The van der Waals surface area contributed by atoms with Crippen molar-refractivity contribution in [2.45, 2.75) is 77.0 Å². The third-order valence-electron chi connectivity index (χ3n) is 16.0. The predicted octanol–water partition coefficient (Wildman–Crippen LogP) is 14.4. The van der Waals surface area contributed by atoms with Gasteiger partial charge in [0.05, 0.1) is 44.9 Å². The number of benzene rings is 6. The van der Waals surface area contributed by atoms with E-state index in [1.54, 1.807) is 0 Å². The van der Waals surface area contributed by atoms with Gasteiger partial charge in [-0.3, -0.25) is 0 Å². The molecule has 8 bridgehead atoms. The highest BCUT2D eigenvalue weighted by molar-refractivity contribution is 6.36. The first-order valence-electron chi connectivity index (χ1n) is 25.5. The van der Waals surface area contributed by atoms with Crippen molar-refractivity contribution in [3.8, 4) is 0 Å². The minimum Gasteiger partial charge on any atom is -0.354 e. The molecule has 4 nitrogen and oxygen atoms in total. The van der Waals surface area contributed by atoms with E-state index in [1.807, 2.05) is 48.5 Å². The summed E-state index contributed by atoms with van der Waals surface area (Å²) in [6.07, 6.45) is 10.8. The molecule has 352 valence electrons. The van der Waals surface area contributed by atoms with Gasteiger partial charge in [-0.15, -0.1) is 0 Å². The molecule has 0 radical (unpaired) electrons. The fourth-order valence-electron chi connectivity index (χ4n) is 12.7. The summed E-state index contributed by atoms with van der Waals surface area (Å²) in [6.45, 7) is 0. The van der Waals surface area contributed by atoms with Crippen LogP contribution in [-0.4, -0.2) is 21.4 Å². The van der Waals surface area contributed by atoms with E-state index in [2.05, 4.69) is 46.4 Å². The van der Waals surface area contributed by atoms with E-state index < -0.39 is 0 Å². The maximum Gasteiger partial charge on any atom is 0.123 e. The molecule has 0 atom stereocenters. The van der Waals surface area contributed by atoms with Crippen LogP contribution >= 0.6 is 0 Å². The third kappa shape index (κ3) is 6.86. The lowest BCUT2D eigenvalue weighted by Gasteiger charge is -2.20. The van der Waals surface area contributed by atoms with E-state index in [-0.39, 0.29) is 23.3 Å². The Hall–Kier alpha value is -7.84. The molecule has 6 aliphatic rings. The SMILES string of the molecule is Fc1ccc(C2=C3N=C(C4=C3CCCC4)C(c3ccc(F)cc3)=c3[nH]c(c4cc5ccccc5cc34)=C(c3ccc(F)cc3)C3=NC(=C(c4ccc(F)cc4)c4[nH]c2c2c4CCCC2)C2=C3CCCC2)cc1. The van der Waals surface area contributed by atoms with Crippen LogP contribution in [0.15, 0.2) is 177 Å². The van der Waals surface area contributed by atoms with E-state index >= 15 is 17.6 Å². The van der Waals surface area contributed by atoms with Gasteiger partial charge in [0, 0.05) is 33.1 Å². The minimum atomic E-state index is -0.334. The molecule has 14 rings (SSSR count). The lowest BCUT2D eigenvalue weighted by atomic mass is 9.82. The molecular formula is C64H48F4N4. The summed E-state index contributed by atoms with van der Waals surface area (Å²) in [5.74, 6) is -1.31. The van der Waals surface area contributed by atoms with Gasteiger partial charge >= 0.3 is 0 Å². The molecule has 4 heterocycles. The highest BCUT2D eigenvalue weighted by Gasteiger charge is 2.38. The molecule has 2 aliphatic heterocycles. The number of fused-ring (bicyclic) bond motifs is 1. The molecule has 6 aromatic carbocycles. The van der Waals surface area contributed by atoms with Gasteiger partial charge < -0.3 is 9.97 Å². The number of nitrogens with one attached hydrogen (secondary N) is 2. The number of aliphatic imine (C=N–C) groups is 2. The molecule has 0 fully saturated rings. The highest BCUT2D eigenvalue weighted by Crippen LogP contribution is 2.50. The van der Waals surface area contributed by atoms with Crippen LogP contribution in [0.1, 0.15) is 109 Å². The van der Waals surface area contributed by atoms with Gasteiger partial charge in [0.25, 0.3) is 0 Å². The molecular weight excluding hydrogens is 901 g/mol. The van der Waals surface area contributed by atoms with Crippen LogP contribution in [0.2, 0.25) is 0 Å². The van der Waals surface area contributed by atoms with Gasteiger partial charge in [0.1, 0.15) is 23.3 Å². The molecule has 0 saturated heterocycles. The Bertz CT molecular complexity index is 3710. The molecule has 0 saturated carbocycles. The van der Waals surface area contributed by atoms with Crippen LogP contribution < -0.4 is 10.7 Å². The van der Waals surface area contributed by atoms with Crippen molar-refractivity contribution in [3.63, 3.8) is 0 Å². The molecule has 72 heavy (non-hydrogen) atoms. The van der Waals surface area contributed by atoms with E-state index in [0.29, 0.717) is 0 Å². The summed E-state index contributed by atoms with van der Waals surface area (Å²) >= 11 is 0. The summed E-state index contributed by atoms with van der Waals surface area (Å²) in [7, 11) is 0. The fraction of sp³-hybridized carbons (Fsp3) is 0.188. The van der Waals surface area contributed by atoms with Crippen molar-refractivity contribution in [2.75, 3.05) is 0 Å². The van der Waals surface area contributed by atoms with Gasteiger partial charge in [-0.2, -0.15) is 0 Å². The summed E-state index contributed by atoms with van der Waals surface area (Å²) in [5.41, 5.74) is 19.2. The summed E-state index contributed by atoms with van der Waals surface area (Å²) < 4.78 is 60.5. The first-order chi connectivity index (χ1) is 35.3. The van der Waals surface area contributed by atoms with E-state index in [4.69, 9.17) is 9.98 Å². The lowest BCUT2D eigenvalue weighted by Crippen LogP contribution is -2.23. The van der Waals surface area contributed by atoms with Crippen molar-refractivity contribution in [1.29, 1.82) is 0 Å². The number of halogens is 4. The molecule has 4 aliphatic carbocycles. The fourth-order valence-corrected chi connectivity index (χ4v) is 12.7. The van der Waals surface area contributed by atoms with Crippen LogP contribution in [-0.2, 0) is 12.8 Å². The molecule has 0 unspecified atom stereocenters. The second kappa shape index (κ2) is 16.9. The number of hydrogen-bond donors (Lipinski definition) is 2. The summed E-state index contributed by atoms with van der Waals surface area (Å²) in [6, 6.07) is 40.0. The standard InChI is InChI=1S/C64H48F4N4/c65-41-25-17-35(18-26-41)53-57-45-11-3-4-12-46(45)58(69-57)54(36-19-27-42(66)28-20-36)60-48-14-6-8-16-50(48)62(71-60)56(38-23-31-44(68)32-24-38)64-52-34-40-10-2-1-9-39(40)33-51(52)63(72-64)55(37-21-29-43(67)30-22-37)61-49-15-7-5-13-47(49)59(53)70-61/h1-2,9-10,17-34,69,72H,3-8,11-16H2. The van der Waals surface area contributed by atoms with Crippen LogP contribution in [0.3, 0.4) is 0 Å². The Balaban J connectivity index is 1.26. The van der Waals surface area contributed by atoms with Crippen LogP contribution in [0.25, 0.3) is 43.8 Å². The van der Waals surface area contributed by atoms with Crippen LogP contribution in [0, 0.1) is 23.3 Å². The number of aromatic nitrogens is 2. The molecule has 2 aromatic heterocycles. The third-order valence-corrected chi connectivity index (χ3v) is 16.0. The zero-order valence-electron chi connectivity index (χ0n) is 39.6. The number of allylic oxidation sites excluding steroid dienone is 4. The number of hydrogen-bond acceptors (Lipinski definition) is 2. The molecule has 2 N–H and O–H groups in total. The summed E-state index contributed by atoms with van der Waals surface area (Å²) in [4.78, 5) is 20.0. The number of aromatic amines is 2. The smallest absolute Gasteiger partial charge is 0.123 e. The van der Waals surface area contributed by atoms with Crippen molar-refractivity contribution >= 4 is 55.3 Å². The molecule has 8 aromatic rings. The Kier molecular flexibility index (Phi) is 10.1. The zero-order valence-corrected chi connectivity index (χ0v) is 39.6. The molecule has 0 amide bonds. The quantitative estimate of drug-likeness (QED) is 0.165. The predicted molar refractivity (Wildman–Crippen MR) is 281 cm³/mol. The molecule has 8 heteroatoms. The van der Waals surface area contributed by atoms with Crippen LogP contribution in [0.5, 0.6) is 0 Å². The van der Waals surface area contributed by atoms with Gasteiger partial charge in [0.15, 0.2) is 0 Å². The van der Waals surface area contributed by atoms with E-state index in [1.165, 1.54) is 70.8 Å². The first-order valence-corrected chi connectivity index (χ1v) is 25.5. The largest absolute Gasteiger partial charge is 0.354 e. The van der Waals surface area contributed by atoms with Crippen molar-refractivity contribution in [3.05, 3.63) is 246 Å². The lowest BCUT2D eigenvalue weighted by molar-refractivity contribution is 0.627. The maximum atomic E-state index is 15.2. The Morgan fingerprint density at radius 1 is 0.347 bits per heavy atom. The molecule has 0 spiro atoms. The van der Waals surface area contributed by atoms with Gasteiger partial charge in [-0.25, -0.2) is 27.5 Å². The Morgan fingerprint density at radius 2 is 0.681 bits per heavy atom. The van der Waals surface area contributed by atoms with Gasteiger partial charge in [-0.1, -0.05) is 72.8 Å². The first kappa shape index (κ1) is 43.0. The van der Waals surface area contributed by atoms with Crippen molar-refractivity contribution < 1.29 is 17.6 Å². The zero-order chi connectivity index (χ0) is 48.2. The number of H-pyrrole nitrogens is 2.